The number of sulfonamides is 1. The summed E-state index contributed by atoms with van der Waals surface area (Å²) in [6, 6.07) is 14.3. The summed E-state index contributed by atoms with van der Waals surface area (Å²) >= 11 is 0. The normalized spacial score (nSPS) is 11.3. The zero-order valence-corrected chi connectivity index (χ0v) is 15.0. The van der Waals surface area contributed by atoms with E-state index in [1.54, 1.807) is 12.1 Å². The molecule has 0 saturated heterocycles. The second kappa shape index (κ2) is 8.75. The molecule has 0 saturated carbocycles. The van der Waals surface area contributed by atoms with E-state index in [0.717, 1.165) is 16.7 Å². The minimum Gasteiger partial charge on any atom is -0.351 e. The van der Waals surface area contributed by atoms with Crippen LogP contribution in [0.15, 0.2) is 53.4 Å². The maximum Gasteiger partial charge on any atom is 0.238 e. The standard InChI is InChI=1S/C18H23N3O3S/c1-14-4-2-3-5-16(14)12-21-18(22)13-20-11-10-15-6-8-17(9-7-15)25(19,23)24/h2-9,20H,10-13H2,1H3,(H,21,22)(H2,19,23,24). The van der Waals surface area contributed by atoms with E-state index in [1.807, 2.05) is 31.2 Å². The molecule has 7 heteroatoms. The third-order valence-corrected chi connectivity index (χ3v) is 4.79. The average molecular weight is 361 g/mol. The molecule has 134 valence electrons. The fourth-order valence-corrected chi connectivity index (χ4v) is 2.86. The second-order valence-electron chi connectivity index (χ2n) is 5.82. The summed E-state index contributed by atoms with van der Waals surface area (Å²) in [5, 5.41) is 11.0. The van der Waals surface area contributed by atoms with Crippen molar-refractivity contribution in [2.75, 3.05) is 13.1 Å². The summed E-state index contributed by atoms with van der Waals surface area (Å²) in [7, 11) is -3.66. The Bertz CT molecular complexity index is 818. The average Bonchev–Trinajstić information content (AvgIpc) is 2.57. The molecule has 0 spiro atoms. The molecule has 0 fully saturated rings. The van der Waals surface area contributed by atoms with Crippen molar-refractivity contribution in [3.05, 3.63) is 65.2 Å². The Hall–Kier alpha value is -2.22. The molecule has 0 aliphatic rings. The number of aryl methyl sites for hydroxylation is 1. The van der Waals surface area contributed by atoms with E-state index in [1.165, 1.54) is 12.1 Å². The lowest BCUT2D eigenvalue weighted by Gasteiger charge is -2.09. The van der Waals surface area contributed by atoms with E-state index in [4.69, 9.17) is 5.14 Å². The minimum atomic E-state index is -3.66. The van der Waals surface area contributed by atoms with E-state index in [-0.39, 0.29) is 17.3 Å². The molecule has 2 aromatic carbocycles. The lowest BCUT2D eigenvalue weighted by atomic mass is 10.1. The van der Waals surface area contributed by atoms with Crippen LogP contribution in [0.4, 0.5) is 0 Å². The number of carbonyl (C=O) groups excluding carboxylic acids is 1. The number of primary sulfonamides is 1. The van der Waals surface area contributed by atoms with Crippen molar-refractivity contribution in [3.8, 4) is 0 Å². The van der Waals surface area contributed by atoms with Crippen LogP contribution >= 0.6 is 0 Å². The number of hydrogen-bond acceptors (Lipinski definition) is 4. The zero-order chi connectivity index (χ0) is 18.3. The van der Waals surface area contributed by atoms with Crippen molar-refractivity contribution in [2.24, 2.45) is 5.14 Å². The van der Waals surface area contributed by atoms with E-state index >= 15 is 0 Å². The molecular formula is C18H23N3O3S. The first-order valence-electron chi connectivity index (χ1n) is 8.00. The Kier molecular flexibility index (Phi) is 6.69. The zero-order valence-electron chi connectivity index (χ0n) is 14.2. The highest BCUT2D eigenvalue weighted by molar-refractivity contribution is 7.89. The predicted molar refractivity (Wildman–Crippen MR) is 97.4 cm³/mol. The van der Waals surface area contributed by atoms with Gasteiger partial charge in [-0.05, 0) is 48.7 Å². The minimum absolute atomic E-state index is 0.0622. The predicted octanol–water partition coefficient (Wildman–Crippen LogP) is 1.09. The molecule has 0 aliphatic carbocycles. The van der Waals surface area contributed by atoms with Crippen LogP contribution in [0.3, 0.4) is 0 Å². The van der Waals surface area contributed by atoms with Crippen LogP contribution in [0.5, 0.6) is 0 Å². The fraction of sp³-hybridized carbons (Fsp3) is 0.278. The Morgan fingerprint density at radius 2 is 1.76 bits per heavy atom. The first-order valence-corrected chi connectivity index (χ1v) is 9.54. The van der Waals surface area contributed by atoms with E-state index in [2.05, 4.69) is 10.6 Å². The molecule has 0 atom stereocenters. The molecule has 25 heavy (non-hydrogen) atoms. The number of benzene rings is 2. The third-order valence-electron chi connectivity index (χ3n) is 3.87. The van der Waals surface area contributed by atoms with Crippen molar-refractivity contribution in [1.29, 1.82) is 0 Å². The summed E-state index contributed by atoms with van der Waals surface area (Å²) in [6.45, 7) is 3.39. The Morgan fingerprint density at radius 3 is 2.40 bits per heavy atom. The van der Waals surface area contributed by atoms with Crippen LogP contribution in [-0.4, -0.2) is 27.4 Å². The van der Waals surface area contributed by atoms with Crippen LogP contribution in [-0.2, 0) is 27.8 Å². The van der Waals surface area contributed by atoms with Gasteiger partial charge >= 0.3 is 0 Å². The van der Waals surface area contributed by atoms with Gasteiger partial charge in [0.15, 0.2) is 0 Å². The summed E-state index contributed by atoms with van der Waals surface area (Å²) in [6.07, 6.45) is 0.690. The van der Waals surface area contributed by atoms with Gasteiger partial charge in [-0.15, -0.1) is 0 Å². The highest BCUT2D eigenvalue weighted by Gasteiger charge is 2.07. The Labute approximate surface area is 148 Å². The van der Waals surface area contributed by atoms with E-state index < -0.39 is 10.0 Å². The molecule has 4 N–H and O–H groups in total. The van der Waals surface area contributed by atoms with Crippen LogP contribution in [0.25, 0.3) is 0 Å². The molecule has 0 bridgehead atoms. The molecule has 2 aromatic rings. The Balaban J connectivity index is 1.69. The van der Waals surface area contributed by atoms with Gasteiger partial charge in [-0.25, -0.2) is 13.6 Å². The molecule has 2 rings (SSSR count). The van der Waals surface area contributed by atoms with Gasteiger partial charge in [0.05, 0.1) is 11.4 Å². The first-order chi connectivity index (χ1) is 11.9. The van der Waals surface area contributed by atoms with Gasteiger partial charge in [0.2, 0.25) is 15.9 Å². The highest BCUT2D eigenvalue weighted by atomic mass is 32.2. The van der Waals surface area contributed by atoms with Gasteiger partial charge in [0, 0.05) is 6.54 Å². The van der Waals surface area contributed by atoms with Crippen molar-refractivity contribution < 1.29 is 13.2 Å². The highest BCUT2D eigenvalue weighted by Crippen LogP contribution is 2.09. The summed E-state index contributed by atoms with van der Waals surface area (Å²) in [4.78, 5) is 11.9. The molecule has 0 unspecified atom stereocenters. The summed E-state index contributed by atoms with van der Waals surface area (Å²) in [5.41, 5.74) is 3.23. The Morgan fingerprint density at radius 1 is 1.08 bits per heavy atom. The number of nitrogens with two attached hydrogens (primary N) is 1. The number of carbonyl (C=O) groups is 1. The largest absolute Gasteiger partial charge is 0.351 e. The van der Waals surface area contributed by atoms with Gasteiger partial charge < -0.3 is 10.6 Å². The van der Waals surface area contributed by atoms with Crippen molar-refractivity contribution in [1.82, 2.24) is 10.6 Å². The van der Waals surface area contributed by atoms with Crippen LogP contribution < -0.4 is 15.8 Å². The van der Waals surface area contributed by atoms with Crippen molar-refractivity contribution >= 4 is 15.9 Å². The fourth-order valence-electron chi connectivity index (χ4n) is 2.35. The van der Waals surface area contributed by atoms with Crippen LogP contribution in [0.2, 0.25) is 0 Å². The molecule has 0 aliphatic heterocycles. The summed E-state index contributed by atoms with van der Waals surface area (Å²) < 4.78 is 22.4. The number of amides is 1. The lowest BCUT2D eigenvalue weighted by molar-refractivity contribution is -0.120. The quantitative estimate of drug-likeness (QED) is 0.613. The van der Waals surface area contributed by atoms with Crippen LogP contribution in [0, 0.1) is 6.92 Å². The molecule has 6 nitrogen and oxygen atoms in total. The van der Waals surface area contributed by atoms with Crippen LogP contribution in [0.1, 0.15) is 16.7 Å². The first kappa shape index (κ1) is 19.1. The van der Waals surface area contributed by atoms with Gasteiger partial charge in [0.1, 0.15) is 0 Å². The molecule has 1 amide bonds. The van der Waals surface area contributed by atoms with Gasteiger partial charge in [-0.3, -0.25) is 4.79 Å². The maximum absolute atomic E-state index is 11.8. The smallest absolute Gasteiger partial charge is 0.238 e. The SMILES string of the molecule is Cc1ccccc1CNC(=O)CNCCc1ccc(S(N)(=O)=O)cc1. The van der Waals surface area contributed by atoms with E-state index in [9.17, 15) is 13.2 Å². The van der Waals surface area contributed by atoms with Crippen molar-refractivity contribution in [3.63, 3.8) is 0 Å². The van der Waals surface area contributed by atoms with Crippen molar-refractivity contribution in [2.45, 2.75) is 24.8 Å². The van der Waals surface area contributed by atoms with Gasteiger partial charge in [-0.2, -0.15) is 0 Å². The number of nitrogens with one attached hydrogen (secondary N) is 2. The van der Waals surface area contributed by atoms with E-state index in [0.29, 0.717) is 19.5 Å². The third kappa shape index (κ3) is 6.30. The maximum atomic E-state index is 11.8. The van der Waals surface area contributed by atoms with Gasteiger partial charge in [0.25, 0.3) is 0 Å². The molecular weight excluding hydrogens is 338 g/mol. The second-order valence-corrected chi connectivity index (χ2v) is 7.38. The lowest BCUT2D eigenvalue weighted by Crippen LogP contribution is -2.34. The topological polar surface area (TPSA) is 101 Å². The molecule has 0 radical (unpaired) electrons. The van der Waals surface area contributed by atoms with Gasteiger partial charge in [-0.1, -0.05) is 36.4 Å². The number of hydrogen-bond donors (Lipinski definition) is 3. The monoisotopic (exact) mass is 361 g/mol. The summed E-state index contributed by atoms with van der Waals surface area (Å²) in [5.74, 6) is -0.0622. The molecule has 0 aromatic heterocycles. The molecule has 0 heterocycles. The number of rotatable bonds is 8.